The van der Waals surface area contributed by atoms with Crippen molar-refractivity contribution in [2.24, 2.45) is 5.92 Å². The minimum absolute atomic E-state index is 0.0656. The van der Waals surface area contributed by atoms with Crippen molar-refractivity contribution in [3.05, 3.63) is 35.9 Å². The quantitative estimate of drug-likeness (QED) is 0.928. The molecule has 4 heteroatoms. The van der Waals surface area contributed by atoms with Gasteiger partial charge in [0.25, 0.3) is 0 Å². The number of likely N-dealkylation sites (tertiary alicyclic amines) is 1. The molecule has 1 amide bonds. The second kappa shape index (κ2) is 7.32. The molecule has 114 valence electrons. The Morgan fingerprint density at radius 1 is 1.24 bits per heavy atom. The predicted octanol–water partition coefficient (Wildman–Crippen LogP) is 2.52. The molecule has 3 rings (SSSR count). The SMILES string of the molecule is O=C(C1CSCN1)N1CCC(CCc2ccccc2)CC1. The van der Waals surface area contributed by atoms with Gasteiger partial charge < -0.3 is 4.90 Å². The van der Waals surface area contributed by atoms with Crippen LogP contribution in [-0.4, -0.2) is 41.6 Å². The van der Waals surface area contributed by atoms with E-state index in [0.29, 0.717) is 5.91 Å². The lowest BCUT2D eigenvalue weighted by molar-refractivity contribution is -0.134. The van der Waals surface area contributed by atoms with Crippen LogP contribution in [0.5, 0.6) is 0 Å². The number of hydrogen-bond donors (Lipinski definition) is 1. The first-order valence-corrected chi connectivity index (χ1v) is 9.12. The first-order valence-electron chi connectivity index (χ1n) is 7.97. The molecular weight excluding hydrogens is 280 g/mol. The molecule has 0 radical (unpaired) electrons. The summed E-state index contributed by atoms with van der Waals surface area (Å²) in [7, 11) is 0. The van der Waals surface area contributed by atoms with Crippen molar-refractivity contribution in [2.45, 2.75) is 31.7 Å². The lowest BCUT2D eigenvalue weighted by Crippen LogP contribution is -2.48. The molecule has 21 heavy (non-hydrogen) atoms. The zero-order valence-electron chi connectivity index (χ0n) is 12.5. The number of thioether (sulfide) groups is 1. The number of carbonyl (C=O) groups excluding carboxylic acids is 1. The normalized spacial score (nSPS) is 23.4. The second-order valence-electron chi connectivity index (χ2n) is 6.06. The van der Waals surface area contributed by atoms with E-state index in [0.717, 1.165) is 30.6 Å². The molecule has 0 bridgehead atoms. The molecule has 1 aromatic rings. The van der Waals surface area contributed by atoms with Crippen molar-refractivity contribution >= 4 is 17.7 Å². The van der Waals surface area contributed by atoms with Crippen molar-refractivity contribution in [1.82, 2.24) is 10.2 Å². The van der Waals surface area contributed by atoms with Crippen LogP contribution >= 0.6 is 11.8 Å². The highest BCUT2D eigenvalue weighted by atomic mass is 32.2. The number of carbonyl (C=O) groups is 1. The molecule has 0 saturated carbocycles. The van der Waals surface area contributed by atoms with Crippen molar-refractivity contribution in [3.8, 4) is 0 Å². The average molecular weight is 304 g/mol. The molecule has 1 atom stereocenters. The van der Waals surface area contributed by atoms with Crippen molar-refractivity contribution in [2.75, 3.05) is 24.7 Å². The van der Waals surface area contributed by atoms with Gasteiger partial charge in [0.1, 0.15) is 0 Å². The van der Waals surface area contributed by atoms with Gasteiger partial charge in [-0.2, -0.15) is 0 Å². The summed E-state index contributed by atoms with van der Waals surface area (Å²) in [6.45, 7) is 1.89. The minimum atomic E-state index is 0.0656. The van der Waals surface area contributed by atoms with Crippen LogP contribution < -0.4 is 5.32 Å². The number of benzene rings is 1. The summed E-state index contributed by atoms with van der Waals surface area (Å²) in [6, 6.07) is 10.8. The fourth-order valence-electron chi connectivity index (χ4n) is 3.23. The third-order valence-corrected chi connectivity index (χ3v) is 5.56. The van der Waals surface area contributed by atoms with E-state index >= 15 is 0 Å². The molecule has 2 aliphatic heterocycles. The predicted molar refractivity (Wildman–Crippen MR) is 88.3 cm³/mol. The summed E-state index contributed by atoms with van der Waals surface area (Å²) in [5.74, 6) is 2.96. The Labute approximate surface area is 131 Å². The van der Waals surface area contributed by atoms with E-state index < -0.39 is 0 Å². The maximum Gasteiger partial charge on any atom is 0.240 e. The number of amides is 1. The van der Waals surface area contributed by atoms with Crippen molar-refractivity contribution in [3.63, 3.8) is 0 Å². The summed E-state index contributed by atoms with van der Waals surface area (Å²) >= 11 is 1.82. The number of rotatable bonds is 4. The highest BCUT2D eigenvalue weighted by molar-refractivity contribution is 7.99. The third-order valence-electron chi connectivity index (χ3n) is 4.62. The summed E-state index contributed by atoms with van der Waals surface area (Å²) in [4.78, 5) is 14.4. The number of nitrogens with one attached hydrogen (secondary N) is 1. The van der Waals surface area contributed by atoms with Gasteiger partial charge in [-0.25, -0.2) is 0 Å². The Bertz CT molecular complexity index is 451. The molecule has 0 aromatic heterocycles. The maximum absolute atomic E-state index is 12.3. The van der Waals surface area contributed by atoms with Gasteiger partial charge in [-0.15, -0.1) is 11.8 Å². The topological polar surface area (TPSA) is 32.3 Å². The first kappa shape index (κ1) is 14.9. The van der Waals surface area contributed by atoms with Crippen LogP contribution in [0.2, 0.25) is 0 Å². The fraction of sp³-hybridized carbons (Fsp3) is 0.588. The Kier molecular flexibility index (Phi) is 5.20. The molecular formula is C17H24N2OS. The number of nitrogens with zero attached hydrogens (tertiary/aromatic N) is 1. The summed E-state index contributed by atoms with van der Waals surface area (Å²) in [5.41, 5.74) is 1.43. The summed E-state index contributed by atoms with van der Waals surface area (Å²) < 4.78 is 0. The van der Waals surface area contributed by atoms with Gasteiger partial charge in [0.2, 0.25) is 5.91 Å². The first-order chi connectivity index (χ1) is 10.3. The lowest BCUT2D eigenvalue weighted by Gasteiger charge is -2.33. The van der Waals surface area contributed by atoms with Gasteiger partial charge >= 0.3 is 0 Å². The smallest absolute Gasteiger partial charge is 0.240 e. The van der Waals surface area contributed by atoms with Crippen LogP contribution in [0.4, 0.5) is 0 Å². The largest absolute Gasteiger partial charge is 0.341 e. The maximum atomic E-state index is 12.3. The van der Waals surface area contributed by atoms with Gasteiger partial charge in [-0.3, -0.25) is 10.1 Å². The fourth-order valence-corrected chi connectivity index (χ4v) is 4.16. The van der Waals surface area contributed by atoms with Gasteiger partial charge in [0.05, 0.1) is 6.04 Å². The van der Waals surface area contributed by atoms with E-state index in [4.69, 9.17) is 0 Å². The van der Waals surface area contributed by atoms with Gasteiger partial charge in [-0.1, -0.05) is 30.3 Å². The van der Waals surface area contributed by atoms with E-state index in [1.807, 2.05) is 11.8 Å². The molecule has 2 saturated heterocycles. The van der Waals surface area contributed by atoms with Crippen LogP contribution in [0.3, 0.4) is 0 Å². The van der Waals surface area contributed by atoms with E-state index in [1.54, 1.807) is 0 Å². The molecule has 0 aliphatic carbocycles. The van der Waals surface area contributed by atoms with Gasteiger partial charge in [-0.05, 0) is 37.2 Å². The highest BCUT2D eigenvalue weighted by Crippen LogP contribution is 2.23. The molecule has 3 nitrogen and oxygen atoms in total. The number of aryl methyl sites for hydroxylation is 1. The molecule has 1 N–H and O–H groups in total. The zero-order valence-corrected chi connectivity index (χ0v) is 13.3. The van der Waals surface area contributed by atoms with E-state index in [2.05, 4.69) is 40.5 Å². The Hall–Kier alpha value is -1.00. The summed E-state index contributed by atoms with van der Waals surface area (Å²) in [5, 5.41) is 3.28. The van der Waals surface area contributed by atoms with E-state index in [9.17, 15) is 4.79 Å². The lowest BCUT2D eigenvalue weighted by atomic mass is 9.90. The monoisotopic (exact) mass is 304 g/mol. The second-order valence-corrected chi connectivity index (χ2v) is 7.10. The molecule has 2 heterocycles. The Morgan fingerprint density at radius 3 is 2.67 bits per heavy atom. The number of piperidine rings is 1. The van der Waals surface area contributed by atoms with Crippen LogP contribution in [0.1, 0.15) is 24.8 Å². The summed E-state index contributed by atoms with van der Waals surface area (Å²) in [6.07, 6.45) is 4.75. The third kappa shape index (κ3) is 4.01. The molecule has 0 spiro atoms. The van der Waals surface area contributed by atoms with Crippen molar-refractivity contribution in [1.29, 1.82) is 0 Å². The van der Waals surface area contributed by atoms with E-state index in [-0.39, 0.29) is 6.04 Å². The Morgan fingerprint density at radius 2 is 2.00 bits per heavy atom. The molecule has 2 aliphatic rings. The van der Waals surface area contributed by atoms with Gasteiger partial charge in [0.15, 0.2) is 0 Å². The molecule has 1 aromatic carbocycles. The minimum Gasteiger partial charge on any atom is -0.341 e. The van der Waals surface area contributed by atoms with Crippen LogP contribution in [0.25, 0.3) is 0 Å². The number of hydrogen-bond acceptors (Lipinski definition) is 3. The standard InChI is InChI=1S/C17H24N2OS/c20-17(16-12-21-13-18-16)19-10-8-15(9-11-19)7-6-14-4-2-1-3-5-14/h1-5,15-16,18H,6-13H2. The van der Waals surface area contributed by atoms with Gasteiger partial charge in [0, 0.05) is 24.7 Å². The highest BCUT2D eigenvalue weighted by Gasteiger charge is 2.29. The molecule has 1 unspecified atom stereocenters. The zero-order chi connectivity index (χ0) is 14.5. The average Bonchev–Trinajstić information content (AvgIpc) is 3.08. The van der Waals surface area contributed by atoms with Crippen LogP contribution in [-0.2, 0) is 11.2 Å². The molecule has 2 fully saturated rings. The van der Waals surface area contributed by atoms with Crippen LogP contribution in [0.15, 0.2) is 30.3 Å². The van der Waals surface area contributed by atoms with E-state index in [1.165, 1.54) is 31.2 Å². The van der Waals surface area contributed by atoms with Crippen LogP contribution in [0, 0.1) is 5.92 Å². The van der Waals surface area contributed by atoms with Crippen molar-refractivity contribution < 1.29 is 4.79 Å². The Balaban J connectivity index is 1.41.